The van der Waals surface area contributed by atoms with Gasteiger partial charge in [0.2, 0.25) is 67.4 Å². The van der Waals surface area contributed by atoms with E-state index in [1.165, 1.54) is 60.7 Å². The summed E-state index contributed by atoms with van der Waals surface area (Å²) in [7, 11) is 0. The molecule has 0 radical (unpaired) electrons. The molecule has 82 heavy (non-hydrogen) atoms. The second-order valence-electron chi connectivity index (χ2n) is 18.1. The van der Waals surface area contributed by atoms with Crippen molar-refractivity contribution in [2.45, 2.75) is 40.5 Å². The van der Waals surface area contributed by atoms with E-state index in [9.17, 15) is 84.3 Å². The van der Waals surface area contributed by atoms with Crippen LogP contribution in [0.15, 0.2) is 163 Å². The Balaban J connectivity index is 0.000000190. The maximum Gasteiger partial charge on any atom is 0.224 e. The summed E-state index contributed by atoms with van der Waals surface area (Å²) < 4.78 is 0. The van der Waals surface area contributed by atoms with Gasteiger partial charge >= 0.3 is 0 Å². The lowest BCUT2D eigenvalue weighted by molar-refractivity contribution is 0.0965. The molecule has 1 heterocycles. The van der Waals surface area contributed by atoms with Crippen LogP contribution in [0, 0.1) is 33.6 Å². The first kappa shape index (κ1) is 62.0. The first-order valence-corrected chi connectivity index (χ1v) is 25.0. The van der Waals surface area contributed by atoms with Crippen molar-refractivity contribution in [2.75, 3.05) is 0 Å². The van der Waals surface area contributed by atoms with Crippen LogP contribution in [0.2, 0.25) is 0 Å². The van der Waals surface area contributed by atoms with Crippen LogP contribution in [0.4, 0.5) is 0 Å². The van der Waals surface area contributed by atoms with Crippen molar-refractivity contribution in [1.29, 1.82) is 0 Å². The average Bonchev–Trinajstić information content (AvgIpc) is 4.44. The Hall–Kier alpha value is -10.8. The lowest BCUT2D eigenvalue weighted by Gasteiger charge is -2.04. The van der Waals surface area contributed by atoms with E-state index in [0.717, 1.165) is 48.7 Å². The van der Waals surface area contributed by atoms with Gasteiger partial charge in [-0.3, -0.25) is 38.4 Å². The summed E-state index contributed by atoms with van der Waals surface area (Å²) in [6, 6.07) is 31.8. The second-order valence-corrected chi connectivity index (χ2v) is 19.1. The van der Waals surface area contributed by atoms with Gasteiger partial charge in [-0.2, -0.15) is 0 Å². The minimum Gasteiger partial charge on any atom is -0.507 e. The maximum atomic E-state index is 12.3. The summed E-state index contributed by atoms with van der Waals surface area (Å²) in [5.74, 6) is -8.33. The van der Waals surface area contributed by atoms with Crippen LogP contribution >= 0.6 is 11.3 Å². The van der Waals surface area contributed by atoms with Gasteiger partial charge in [0.05, 0.1) is 10.4 Å². The molecule has 1 aliphatic carbocycles. The molecule has 422 valence electrons. The SMILES string of the molecule is Cc1cc(=O)c(O)c(O)cc1C(=O)C1CC1.Cc1cc(=O)c(O)c(O)cc1C(=O)c1ccccc1O.Cc1cc(=O)c(O)c(O)cc1C(=O)c1cccs1.Cc1cc(O)c(O)c(O)c(=O)c1.O=c1cc(-c2ccccc2)ccc(O)c1O. The fourth-order valence-corrected chi connectivity index (χ4v) is 7.99. The van der Waals surface area contributed by atoms with E-state index < -0.39 is 96.2 Å². The van der Waals surface area contributed by atoms with E-state index in [1.54, 1.807) is 56.5 Å². The number of hydrogen-bond donors (Lipinski definition) is 12. The van der Waals surface area contributed by atoms with Crippen molar-refractivity contribution >= 4 is 28.7 Å². The van der Waals surface area contributed by atoms with E-state index in [4.69, 9.17) is 15.3 Å². The smallest absolute Gasteiger partial charge is 0.224 e. The molecule has 1 fully saturated rings. The molecular formula is C61H52O20S. The van der Waals surface area contributed by atoms with Crippen molar-refractivity contribution in [3.8, 4) is 80.1 Å². The molecule has 20 nitrogen and oxygen atoms in total. The molecule has 0 amide bonds. The average molecular weight is 1140 g/mol. The Bertz CT molecular complexity index is 4070. The standard InChI is InChI=1S/C15H12O5.C13H10O4S.C13H10O3.C12H12O4.C8H8O4/c1-8-6-12(17)15(20)13(18)7-10(8)14(19)9-4-2-3-5-11(9)16;1-7-5-9(14)13(17)10(15)6-8(7)12(16)11-3-2-4-18-11;14-11-7-6-10(8-12(15)13(11)16)9-4-2-1-3-5-9;1-6-4-9(13)12(16)10(14)5-8(6)11(15)7-2-3-7;1-4-2-5(9)7(11)8(12)6(10)3-4/h2-7,16H,1H3,(H2,17,18,20);2-6H,1H3,(H2,14,15,17);1-8H,(H2,14,15,16);4-5,7H,2-3H2,1H3,(H2,13,14,16);2-3H,1H3,(H3,9,10,11,12). The van der Waals surface area contributed by atoms with Crippen LogP contribution in [0.3, 0.4) is 0 Å². The molecule has 8 aromatic rings. The fourth-order valence-electron chi connectivity index (χ4n) is 7.32. The first-order valence-electron chi connectivity index (χ1n) is 24.2. The van der Waals surface area contributed by atoms with Gasteiger partial charge in [-0.1, -0.05) is 54.6 Å². The summed E-state index contributed by atoms with van der Waals surface area (Å²) in [4.78, 5) is 93.3. The molecule has 0 unspecified atom stereocenters. The Morgan fingerprint density at radius 2 is 0.805 bits per heavy atom. The highest BCUT2D eigenvalue weighted by atomic mass is 32.1. The number of phenols is 1. The zero-order valence-corrected chi connectivity index (χ0v) is 44.6. The molecule has 0 aliphatic heterocycles. The predicted molar refractivity (Wildman–Crippen MR) is 303 cm³/mol. The first-order chi connectivity index (χ1) is 38.6. The van der Waals surface area contributed by atoms with E-state index in [-0.39, 0.29) is 39.9 Å². The molecule has 0 bridgehead atoms. The Morgan fingerprint density at radius 1 is 0.366 bits per heavy atom. The topological polar surface area (TPSA) is 379 Å². The van der Waals surface area contributed by atoms with Gasteiger partial charge in [0, 0.05) is 22.6 Å². The second kappa shape index (κ2) is 27.2. The number of ketones is 3. The summed E-state index contributed by atoms with van der Waals surface area (Å²) >= 11 is 1.27. The number of thiophene rings is 1. The number of rotatable bonds is 7. The predicted octanol–water partition coefficient (Wildman–Crippen LogP) is 7.72. The van der Waals surface area contributed by atoms with Crippen molar-refractivity contribution < 1.29 is 75.7 Å². The molecule has 21 heteroatoms. The number of para-hydroxylation sites is 1. The van der Waals surface area contributed by atoms with E-state index in [2.05, 4.69) is 0 Å². The molecule has 9 rings (SSSR count). The monoisotopic (exact) mass is 1140 g/mol. The van der Waals surface area contributed by atoms with Crippen LogP contribution in [0.25, 0.3) is 11.1 Å². The number of carbonyl (C=O) groups is 3. The van der Waals surface area contributed by atoms with Crippen LogP contribution in [-0.4, -0.2) is 78.6 Å². The summed E-state index contributed by atoms with van der Waals surface area (Å²) in [6.45, 7) is 6.28. The van der Waals surface area contributed by atoms with Gasteiger partial charge in [-0.15, -0.1) is 11.3 Å². The number of aromatic hydroxyl groups is 12. The van der Waals surface area contributed by atoms with Gasteiger partial charge in [-0.05, 0) is 158 Å². The zero-order valence-electron chi connectivity index (χ0n) is 43.8. The van der Waals surface area contributed by atoms with E-state index in [1.807, 2.05) is 30.3 Å². The number of aryl methyl sites for hydroxylation is 4. The summed E-state index contributed by atoms with van der Waals surface area (Å²) in [6.07, 6.45) is 1.71. The molecule has 1 saturated carbocycles. The highest BCUT2D eigenvalue weighted by molar-refractivity contribution is 7.12. The number of phenolic OH excluding ortho intramolecular Hbond substituents is 1. The third kappa shape index (κ3) is 15.7. The minimum absolute atomic E-state index is 0.0118. The highest BCUT2D eigenvalue weighted by Gasteiger charge is 2.31. The molecule has 0 spiro atoms. The van der Waals surface area contributed by atoms with E-state index in [0.29, 0.717) is 38.3 Å². The largest absolute Gasteiger partial charge is 0.507 e. The van der Waals surface area contributed by atoms with Gasteiger partial charge < -0.3 is 61.3 Å². The molecular weight excluding hydrogens is 1080 g/mol. The quantitative estimate of drug-likeness (QED) is 0.0679. The normalized spacial score (nSPS) is 11.0. The van der Waals surface area contributed by atoms with E-state index >= 15 is 0 Å². The van der Waals surface area contributed by atoms with Crippen molar-refractivity contribution in [3.63, 3.8) is 0 Å². The van der Waals surface area contributed by atoms with Gasteiger partial charge in [-0.25, -0.2) is 0 Å². The number of carbonyl (C=O) groups excluding carboxylic acids is 3. The number of hydrogen-bond acceptors (Lipinski definition) is 21. The maximum absolute atomic E-state index is 12.3. The Labute approximate surface area is 468 Å². The lowest BCUT2D eigenvalue weighted by Crippen LogP contribution is -2.03. The highest BCUT2D eigenvalue weighted by Crippen LogP contribution is 2.35. The molecule has 7 aromatic carbocycles. The third-order valence-electron chi connectivity index (χ3n) is 11.9. The third-order valence-corrected chi connectivity index (χ3v) is 12.8. The molecule has 0 atom stereocenters. The van der Waals surface area contributed by atoms with Gasteiger partial charge in [0.1, 0.15) is 5.75 Å². The Morgan fingerprint density at radius 3 is 1.30 bits per heavy atom. The number of Topliss-reactive ketones (excluding diaryl/α,β-unsaturated/α-hetero) is 1. The number of benzene rings is 2. The zero-order chi connectivity index (χ0) is 60.9. The molecule has 12 N–H and O–H groups in total. The molecule has 1 aliphatic rings. The minimum atomic E-state index is -0.833. The van der Waals surface area contributed by atoms with Crippen molar-refractivity contribution in [1.82, 2.24) is 0 Å². The van der Waals surface area contributed by atoms with Crippen LogP contribution in [0.1, 0.15) is 76.6 Å². The molecule has 1 aromatic heterocycles. The molecule has 0 saturated heterocycles. The summed E-state index contributed by atoms with van der Waals surface area (Å²) in [5.41, 5.74) is 0.275. The van der Waals surface area contributed by atoms with Crippen molar-refractivity contribution in [2.24, 2.45) is 5.92 Å². The Kier molecular flexibility index (Phi) is 20.6. The van der Waals surface area contributed by atoms with Crippen LogP contribution in [0.5, 0.6) is 69.0 Å². The fraction of sp³-hybridized carbons (Fsp3) is 0.115. The van der Waals surface area contributed by atoms with Crippen LogP contribution < -0.4 is 27.1 Å². The van der Waals surface area contributed by atoms with Crippen molar-refractivity contribution in [3.05, 3.63) is 239 Å². The van der Waals surface area contributed by atoms with Crippen LogP contribution in [-0.2, 0) is 0 Å². The summed E-state index contributed by atoms with van der Waals surface area (Å²) in [5, 5.41) is 113. The van der Waals surface area contributed by atoms with Gasteiger partial charge in [0.15, 0.2) is 40.3 Å². The lowest BCUT2D eigenvalue weighted by atomic mass is 10.0. The van der Waals surface area contributed by atoms with Gasteiger partial charge in [0.25, 0.3) is 0 Å².